The van der Waals surface area contributed by atoms with Crippen LogP contribution in [0.4, 0.5) is 0 Å². The highest BCUT2D eigenvalue weighted by molar-refractivity contribution is 5.68. The molecule has 4 nitrogen and oxygen atoms in total. The molecule has 5 aliphatic carbocycles. The van der Waals surface area contributed by atoms with Gasteiger partial charge in [-0.3, -0.25) is 4.79 Å². The van der Waals surface area contributed by atoms with Gasteiger partial charge < -0.3 is 15.3 Å². The molecular weight excluding hydrogens is 436 g/mol. The molecule has 4 heteroatoms. The van der Waals surface area contributed by atoms with Crippen molar-refractivity contribution in [1.29, 1.82) is 0 Å². The fraction of sp³-hybridized carbons (Fsp3) is 0.903. The Morgan fingerprint density at radius 3 is 2.31 bits per heavy atom. The first kappa shape index (κ1) is 25.8. The van der Waals surface area contributed by atoms with E-state index in [1.54, 1.807) is 5.57 Å². The first-order chi connectivity index (χ1) is 16.1. The summed E-state index contributed by atoms with van der Waals surface area (Å²) in [7, 11) is 0. The van der Waals surface area contributed by atoms with E-state index in [9.17, 15) is 20.1 Å². The number of hydrogen-bond donors (Lipinski definition) is 3. The smallest absolute Gasteiger partial charge is 0.303 e. The van der Waals surface area contributed by atoms with Gasteiger partial charge in [-0.25, -0.2) is 0 Å². The molecule has 3 N–H and O–H groups in total. The highest BCUT2D eigenvalue weighted by Crippen LogP contribution is 2.76. The summed E-state index contributed by atoms with van der Waals surface area (Å²) in [6.45, 7) is 16.6. The number of carboxylic acids is 1. The van der Waals surface area contributed by atoms with Gasteiger partial charge in [-0.15, -0.1) is 0 Å². The third-order valence-corrected chi connectivity index (χ3v) is 13.5. The number of aliphatic hydroxyl groups excluding tert-OH is 2. The predicted octanol–water partition coefficient (Wildman–Crippen LogP) is 6.45. The molecule has 0 saturated heterocycles. The Kier molecular flexibility index (Phi) is 5.76. The molecule has 0 spiro atoms. The molecule has 0 aliphatic heterocycles. The average molecular weight is 487 g/mol. The topological polar surface area (TPSA) is 77.8 Å². The normalized spacial score (nSPS) is 55.0. The zero-order valence-corrected chi connectivity index (χ0v) is 23.2. The number of carbonyl (C=O) groups is 1. The summed E-state index contributed by atoms with van der Waals surface area (Å²) in [5, 5.41) is 32.5. The summed E-state index contributed by atoms with van der Waals surface area (Å²) in [4.78, 5) is 12.1. The Morgan fingerprint density at radius 1 is 0.971 bits per heavy atom. The number of hydrogen-bond acceptors (Lipinski definition) is 3. The highest BCUT2D eigenvalue weighted by Gasteiger charge is 2.70. The lowest BCUT2D eigenvalue weighted by Gasteiger charge is -2.72. The zero-order chi connectivity index (χ0) is 25.8. The van der Waals surface area contributed by atoms with Crippen molar-refractivity contribution >= 4 is 5.97 Å². The molecule has 0 aromatic heterocycles. The van der Waals surface area contributed by atoms with Crippen molar-refractivity contribution in [3.63, 3.8) is 0 Å². The summed E-state index contributed by atoms with van der Waals surface area (Å²) in [5.41, 5.74) is 1.17. The summed E-state index contributed by atoms with van der Waals surface area (Å²) < 4.78 is 0. The molecule has 4 saturated carbocycles. The van der Waals surface area contributed by atoms with Crippen LogP contribution in [0.2, 0.25) is 0 Å². The maximum atomic E-state index is 12.1. The van der Waals surface area contributed by atoms with E-state index >= 15 is 0 Å². The van der Waals surface area contributed by atoms with Crippen molar-refractivity contribution in [3.05, 3.63) is 11.6 Å². The Balaban J connectivity index is 1.63. The fourth-order valence-corrected chi connectivity index (χ4v) is 11.4. The summed E-state index contributed by atoms with van der Waals surface area (Å²) in [6.07, 6.45) is 9.52. The summed E-state index contributed by atoms with van der Waals surface area (Å²) in [5.74, 6) is 1.50. The van der Waals surface area contributed by atoms with Crippen molar-refractivity contribution in [1.82, 2.24) is 0 Å². The molecule has 4 fully saturated rings. The molecule has 5 rings (SSSR count). The zero-order valence-electron chi connectivity index (χ0n) is 23.2. The number of allylic oxidation sites excluding steroid dienone is 2. The quantitative estimate of drug-likeness (QED) is 0.392. The maximum absolute atomic E-state index is 12.1. The van der Waals surface area contributed by atoms with E-state index in [0.717, 1.165) is 44.9 Å². The minimum atomic E-state index is -0.688. The van der Waals surface area contributed by atoms with Gasteiger partial charge in [0.1, 0.15) is 0 Å². The van der Waals surface area contributed by atoms with Gasteiger partial charge in [0.05, 0.1) is 18.6 Å². The summed E-state index contributed by atoms with van der Waals surface area (Å²) in [6, 6.07) is 0. The Bertz CT molecular complexity index is 923. The monoisotopic (exact) mass is 486 g/mol. The van der Waals surface area contributed by atoms with Crippen LogP contribution in [0, 0.1) is 56.7 Å². The van der Waals surface area contributed by atoms with E-state index in [-0.39, 0.29) is 27.1 Å². The number of rotatable bonds is 2. The molecular formula is C31H50O4. The first-order valence-corrected chi connectivity index (χ1v) is 14.4. The van der Waals surface area contributed by atoms with E-state index in [1.807, 2.05) is 0 Å². The Hall–Kier alpha value is -0.870. The second-order valence-corrected chi connectivity index (χ2v) is 15.1. The van der Waals surface area contributed by atoms with E-state index in [0.29, 0.717) is 42.4 Å². The largest absolute Gasteiger partial charge is 0.481 e. The fourth-order valence-electron chi connectivity index (χ4n) is 11.4. The standard InChI is InChI=1S/C31H50O4/c1-18-10-13-31(17-24(33)34)15-14-28(5)20(25(31)19(18)2)8-9-23-29(28,6)12-11-22-27(3,4)16-21(32)26(35)30(22,23)7/h8,18-19,21-23,25-26,32,35H,9-17H2,1-7H3,(H,33,34)/t18-,19+,21?,22+,23+,25+,26?,28-,29-,30+,31-/m1/s1. The van der Waals surface area contributed by atoms with E-state index in [1.165, 1.54) is 0 Å². The van der Waals surface area contributed by atoms with Crippen molar-refractivity contribution in [3.8, 4) is 0 Å². The van der Waals surface area contributed by atoms with Crippen LogP contribution in [0.1, 0.15) is 106 Å². The van der Waals surface area contributed by atoms with Crippen molar-refractivity contribution in [2.24, 2.45) is 56.7 Å². The number of carboxylic acid groups (broad SMARTS) is 1. The molecule has 0 radical (unpaired) electrons. The number of fused-ring (bicyclic) bond motifs is 7. The van der Waals surface area contributed by atoms with Crippen LogP contribution in [-0.4, -0.2) is 33.5 Å². The molecule has 198 valence electrons. The Labute approximate surface area is 213 Å². The highest BCUT2D eigenvalue weighted by atomic mass is 16.4. The van der Waals surface area contributed by atoms with Gasteiger partial charge in [-0.1, -0.05) is 60.1 Å². The van der Waals surface area contributed by atoms with Crippen molar-refractivity contribution in [2.75, 3.05) is 0 Å². The minimum Gasteiger partial charge on any atom is -0.481 e. The minimum absolute atomic E-state index is 0.00808. The second-order valence-electron chi connectivity index (χ2n) is 15.1. The van der Waals surface area contributed by atoms with E-state index < -0.39 is 18.2 Å². The lowest BCUT2D eigenvalue weighted by Crippen LogP contribution is -2.68. The molecule has 11 atom stereocenters. The maximum Gasteiger partial charge on any atom is 0.303 e. The molecule has 0 bridgehead atoms. The van der Waals surface area contributed by atoms with Gasteiger partial charge in [0, 0.05) is 5.41 Å². The van der Waals surface area contributed by atoms with Gasteiger partial charge in [0.15, 0.2) is 0 Å². The van der Waals surface area contributed by atoms with Gasteiger partial charge in [-0.05, 0) is 103 Å². The van der Waals surface area contributed by atoms with Gasteiger partial charge in [-0.2, -0.15) is 0 Å². The van der Waals surface area contributed by atoms with Crippen LogP contribution in [0.5, 0.6) is 0 Å². The molecule has 0 aromatic rings. The lowest BCUT2D eigenvalue weighted by molar-refractivity contribution is -0.247. The number of aliphatic hydroxyl groups is 2. The van der Waals surface area contributed by atoms with Crippen LogP contribution < -0.4 is 0 Å². The van der Waals surface area contributed by atoms with Crippen LogP contribution in [-0.2, 0) is 4.79 Å². The molecule has 2 unspecified atom stereocenters. The molecule has 0 aromatic carbocycles. The predicted molar refractivity (Wildman–Crippen MR) is 139 cm³/mol. The third kappa shape index (κ3) is 3.20. The van der Waals surface area contributed by atoms with Crippen LogP contribution >= 0.6 is 0 Å². The third-order valence-electron chi connectivity index (χ3n) is 13.5. The van der Waals surface area contributed by atoms with Gasteiger partial charge in [0.2, 0.25) is 0 Å². The van der Waals surface area contributed by atoms with Crippen LogP contribution in [0.15, 0.2) is 11.6 Å². The SMILES string of the molecule is C[C@H]1[C@H](C)CC[C@]2(CC(=O)O)CC[C@]3(C)C(=CC[C@@H]4[C@@]5(C)C(O)C(O)CC(C)(C)[C@@H]5CC[C@]43C)[C@H]12. The van der Waals surface area contributed by atoms with Crippen molar-refractivity contribution in [2.45, 2.75) is 118 Å². The average Bonchev–Trinajstić information content (AvgIpc) is 2.75. The van der Waals surface area contributed by atoms with Crippen LogP contribution in [0.25, 0.3) is 0 Å². The molecule has 0 amide bonds. The van der Waals surface area contributed by atoms with Gasteiger partial charge >= 0.3 is 5.97 Å². The Morgan fingerprint density at radius 2 is 1.66 bits per heavy atom. The van der Waals surface area contributed by atoms with Gasteiger partial charge in [0.25, 0.3) is 0 Å². The van der Waals surface area contributed by atoms with Crippen LogP contribution in [0.3, 0.4) is 0 Å². The van der Waals surface area contributed by atoms with E-state index in [2.05, 4.69) is 54.5 Å². The first-order valence-electron chi connectivity index (χ1n) is 14.4. The van der Waals surface area contributed by atoms with E-state index in [4.69, 9.17) is 0 Å². The molecule has 0 heterocycles. The second kappa shape index (κ2) is 7.82. The lowest BCUT2D eigenvalue weighted by atomic mass is 9.33. The number of aliphatic carboxylic acids is 1. The summed E-state index contributed by atoms with van der Waals surface area (Å²) >= 11 is 0. The molecule has 5 aliphatic rings. The molecule has 35 heavy (non-hydrogen) atoms. The van der Waals surface area contributed by atoms with Crippen molar-refractivity contribution < 1.29 is 20.1 Å².